The van der Waals surface area contributed by atoms with Gasteiger partial charge in [-0.1, -0.05) is 97.1 Å². The zero-order valence-electron chi connectivity index (χ0n) is 19.1. The molecule has 0 spiro atoms. The van der Waals surface area contributed by atoms with Crippen LogP contribution in [0.3, 0.4) is 0 Å². The number of para-hydroxylation sites is 2. The fourth-order valence-electron chi connectivity index (χ4n) is 5.13. The lowest BCUT2D eigenvalue weighted by molar-refractivity contribution is 0.945. The van der Waals surface area contributed by atoms with Crippen LogP contribution < -0.4 is 0 Å². The van der Waals surface area contributed by atoms with Crippen molar-refractivity contribution in [2.45, 2.75) is 10.6 Å². The molecule has 0 amide bonds. The highest BCUT2D eigenvalue weighted by molar-refractivity contribution is 7.98. The highest BCUT2D eigenvalue weighted by atomic mass is 32.2. The van der Waals surface area contributed by atoms with E-state index in [1.165, 1.54) is 49.5 Å². The maximum Gasteiger partial charge on any atom is 0.124 e. The van der Waals surface area contributed by atoms with E-state index < -0.39 is 0 Å². The van der Waals surface area contributed by atoms with Gasteiger partial charge in [-0.2, -0.15) is 0 Å². The van der Waals surface area contributed by atoms with E-state index in [1.807, 2.05) is 11.8 Å². The first-order valence-corrected chi connectivity index (χ1v) is 12.8. The van der Waals surface area contributed by atoms with Crippen molar-refractivity contribution in [3.63, 3.8) is 0 Å². The molecule has 0 aliphatic carbocycles. The Morgan fingerprint density at radius 3 is 1.97 bits per heavy atom. The van der Waals surface area contributed by atoms with Crippen LogP contribution in [0.15, 0.2) is 126 Å². The minimum Gasteiger partial charge on any atom is -0.294 e. The molecule has 0 atom stereocenters. The number of nitrogens with zero attached hydrogens (tertiary/aromatic N) is 2. The standard InChI is InChI=1S/C32H22N2S/c1-3-10-22(11-4-1)25-14-9-15-26(23-12-5-2-6-13-23)32(25)24-18-19-29-30(20-24)35-21-31-33-27-16-7-8-17-28(27)34(29)31/h1-20H,21H2. The Bertz CT molecular complexity index is 1630. The summed E-state index contributed by atoms with van der Waals surface area (Å²) in [6.45, 7) is 0. The fraction of sp³-hybridized carbons (Fsp3) is 0.0312. The van der Waals surface area contributed by atoms with E-state index in [0.717, 1.165) is 17.1 Å². The Morgan fingerprint density at radius 2 is 1.26 bits per heavy atom. The van der Waals surface area contributed by atoms with E-state index in [2.05, 4.69) is 126 Å². The van der Waals surface area contributed by atoms with Crippen LogP contribution in [0.5, 0.6) is 0 Å². The average Bonchev–Trinajstić information content (AvgIpc) is 3.32. The molecule has 0 saturated heterocycles. The largest absolute Gasteiger partial charge is 0.294 e. The van der Waals surface area contributed by atoms with E-state index in [-0.39, 0.29) is 0 Å². The maximum absolute atomic E-state index is 4.88. The summed E-state index contributed by atoms with van der Waals surface area (Å²) in [5.74, 6) is 1.99. The first-order valence-electron chi connectivity index (χ1n) is 11.8. The SMILES string of the molecule is c1ccc(-c2cccc(-c3ccccc3)c2-c2ccc3c(c2)SCc2nc4ccccc4n2-3)cc1. The lowest BCUT2D eigenvalue weighted by Crippen LogP contribution is -2.06. The van der Waals surface area contributed by atoms with Crippen molar-refractivity contribution in [3.05, 3.63) is 127 Å². The van der Waals surface area contributed by atoms with E-state index in [0.29, 0.717) is 0 Å². The van der Waals surface area contributed by atoms with Crippen LogP contribution in [-0.2, 0) is 5.75 Å². The molecule has 5 aromatic carbocycles. The molecule has 0 fully saturated rings. The predicted octanol–water partition coefficient (Wildman–Crippen LogP) is 8.63. The normalized spacial score (nSPS) is 12.3. The summed E-state index contributed by atoms with van der Waals surface area (Å²) in [7, 11) is 0. The van der Waals surface area contributed by atoms with Gasteiger partial charge in [-0.25, -0.2) is 4.98 Å². The Labute approximate surface area is 208 Å². The van der Waals surface area contributed by atoms with Gasteiger partial charge in [-0.3, -0.25) is 4.57 Å². The average molecular weight is 467 g/mol. The zero-order chi connectivity index (χ0) is 23.2. The molecule has 166 valence electrons. The van der Waals surface area contributed by atoms with Crippen LogP contribution in [0, 0.1) is 0 Å². The van der Waals surface area contributed by atoms with Crippen LogP contribution in [0.2, 0.25) is 0 Å². The van der Waals surface area contributed by atoms with Gasteiger partial charge >= 0.3 is 0 Å². The minimum atomic E-state index is 0.872. The topological polar surface area (TPSA) is 17.8 Å². The van der Waals surface area contributed by atoms with Gasteiger partial charge < -0.3 is 0 Å². The quantitative estimate of drug-likeness (QED) is 0.260. The van der Waals surface area contributed by atoms with Crippen molar-refractivity contribution in [2.24, 2.45) is 0 Å². The van der Waals surface area contributed by atoms with Crippen molar-refractivity contribution in [1.82, 2.24) is 9.55 Å². The molecule has 1 aromatic heterocycles. The molecule has 0 radical (unpaired) electrons. The lowest BCUT2D eigenvalue weighted by Gasteiger charge is -2.22. The van der Waals surface area contributed by atoms with Crippen molar-refractivity contribution in [3.8, 4) is 39.1 Å². The van der Waals surface area contributed by atoms with E-state index >= 15 is 0 Å². The first-order chi connectivity index (χ1) is 17.4. The summed E-state index contributed by atoms with van der Waals surface area (Å²) < 4.78 is 2.33. The van der Waals surface area contributed by atoms with Crippen LogP contribution in [0.1, 0.15) is 5.82 Å². The van der Waals surface area contributed by atoms with Gasteiger partial charge in [0.25, 0.3) is 0 Å². The molecule has 1 aliphatic rings. The Balaban J connectivity index is 1.46. The molecule has 2 nitrogen and oxygen atoms in total. The monoisotopic (exact) mass is 466 g/mol. The Hall–Kier alpha value is -4.08. The van der Waals surface area contributed by atoms with Crippen molar-refractivity contribution in [2.75, 3.05) is 0 Å². The first kappa shape index (κ1) is 20.3. The molecular weight excluding hydrogens is 444 g/mol. The minimum absolute atomic E-state index is 0.872. The second kappa shape index (κ2) is 8.30. The van der Waals surface area contributed by atoms with Crippen molar-refractivity contribution >= 4 is 22.8 Å². The molecule has 6 aromatic rings. The number of fused-ring (bicyclic) bond motifs is 5. The van der Waals surface area contributed by atoms with Gasteiger partial charge in [0, 0.05) is 4.90 Å². The lowest BCUT2D eigenvalue weighted by atomic mass is 9.87. The van der Waals surface area contributed by atoms with Gasteiger partial charge in [0.05, 0.1) is 22.5 Å². The number of aromatic nitrogens is 2. The zero-order valence-corrected chi connectivity index (χ0v) is 19.9. The summed E-state index contributed by atoms with van der Waals surface area (Å²) >= 11 is 1.88. The molecular formula is C32H22N2S. The van der Waals surface area contributed by atoms with Gasteiger partial charge in [-0.15, -0.1) is 11.8 Å². The number of benzene rings is 5. The van der Waals surface area contributed by atoms with Crippen LogP contribution in [0.25, 0.3) is 50.1 Å². The highest BCUT2D eigenvalue weighted by Gasteiger charge is 2.22. The molecule has 3 heteroatoms. The molecule has 7 rings (SSSR count). The second-order valence-corrected chi connectivity index (χ2v) is 9.80. The van der Waals surface area contributed by atoms with Crippen LogP contribution in [-0.4, -0.2) is 9.55 Å². The Morgan fingerprint density at radius 1 is 0.600 bits per heavy atom. The third-order valence-electron chi connectivity index (χ3n) is 6.71. The summed E-state index contributed by atoms with van der Waals surface area (Å²) in [6.07, 6.45) is 0. The van der Waals surface area contributed by atoms with Crippen LogP contribution >= 0.6 is 11.8 Å². The fourth-order valence-corrected chi connectivity index (χ4v) is 6.13. The van der Waals surface area contributed by atoms with Gasteiger partial charge in [-0.05, 0) is 57.6 Å². The molecule has 35 heavy (non-hydrogen) atoms. The summed E-state index contributed by atoms with van der Waals surface area (Å²) in [4.78, 5) is 6.17. The second-order valence-electron chi connectivity index (χ2n) is 8.78. The third-order valence-corrected chi connectivity index (χ3v) is 7.75. The molecule has 2 heterocycles. The summed E-state index contributed by atoms with van der Waals surface area (Å²) in [5.41, 5.74) is 10.9. The molecule has 0 saturated carbocycles. The number of imidazole rings is 1. The number of hydrogen-bond donors (Lipinski definition) is 0. The highest BCUT2D eigenvalue weighted by Crippen LogP contribution is 2.44. The van der Waals surface area contributed by atoms with E-state index in [1.54, 1.807) is 0 Å². The third kappa shape index (κ3) is 3.39. The number of rotatable bonds is 3. The summed E-state index contributed by atoms with van der Waals surface area (Å²) in [6, 6.07) is 43.4. The molecule has 0 N–H and O–H groups in total. The van der Waals surface area contributed by atoms with Gasteiger partial charge in [0.2, 0.25) is 0 Å². The van der Waals surface area contributed by atoms with Crippen LogP contribution in [0.4, 0.5) is 0 Å². The van der Waals surface area contributed by atoms with Gasteiger partial charge in [0.15, 0.2) is 0 Å². The summed E-state index contributed by atoms with van der Waals surface area (Å²) in [5, 5.41) is 0. The smallest absolute Gasteiger partial charge is 0.124 e. The molecule has 0 unspecified atom stereocenters. The van der Waals surface area contributed by atoms with E-state index in [9.17, 15) is 0 Å². The van der Waals surface area contributed by atoms with Crippen molar-refractivity contribution < 1.29 is 0 Å². The maximum atomic E-state index is 4.88. The Kier molecular flexibility index (Phi) is 4.81. The van der Waals surface area contributed by atoms with Gasteiger partial charge in [0.1, 0.15) is 5.82 Å². The van der Waals surface area contributed by atoms with Crippen molar-refractivity contribution in [1.29, 1.82) is 0 Å². The molecule has 1 aliphatic heterocycles. The number of thioether (sulfide) groups is 1. The predicted molar refractivity (Wildman–Crippen MR) is 147 cm³/mol. The molecule has 0 bridgehead atoms. The van der Waals surface area contributed by atoms with E-state index in [4.69, 9.17) is 4.98 Å². The number of hydrogen-bond acceptors (Lipinski definition) is 2.